The van der Waals surface area contributed by atoms with Gasteiger partial charge in [-0.3, -0.25) is 9.89 Å². The number of nitrogens with one attached hydrogen (secondary N) is 3. The number of carbonyl (C=O) groups excluding carboxylic acids is 1. The van der Waals surface area contributed by atoms with Crippen LogP contribution in [0.5, 0.6) is 0 Å². The molecule has 2 heterocycles. The number of benzene rings is 1. The summed E-state index contributed by atoms with van der Waals surface area (Å²) in [5.41, 5.74) is 1.98. The highest BCUT2D eigenvalue weighted by molar-refractivity contribution is 5.97. The van der Waals surface area contributed by atoms with Crippen molar-refractivity contribution in [3.05, 3.63) is 30.5 Å². The van der Waals surface area contributed by atoms with Gasteiger partial charge >= 0.3 is 0 Å². The highest BCUT2D eigenvalue weighted by atomic mass is 16.3. The van der Waals surface area contributed by atoms with Crippen molar-refractivity contribution in [3.63, 3.8) is 0 Å². The maximum absolute atomic E-state index is 12.2. The van der Waals surface area contributed by atoms with Crippen molar-refractivity contribution >= 4 is 22.6 Å². The van der Waals surface area contributed by atoms with Gasteiger partial charge < -0.3 is 15.4 Å². The first kappa shape index (κ1) is 14.3. The summed E-state index contributed by atoms with van der Waals surface area (Å²) in [6.45, 7) is 3.10. The normalized spacial score (nSPS) is 11.8. The fourth-order valence-corrected chi connectivity index (χ4v) is 2.00. The maximum Gasteiger partial charge on any atom is 0.232 e. The number of aliphatic hydroxyl groups excluding tert-OH is 1. The molecule has 0 spiro atoms. The van der Waals surface area contributed by atoms with Gasteiger partial charge in [0.1, 0.15) is 5.69 Å². The zero-order chi connectivity index (χ0) is 15.7. The molecule has 0 radical (unpaired) electrons. The van der Waals surface area contributed by atoms with Crippen LogP contribution in [-0.2, 0) is 4.79 Å². The largest absolute Gasteiger partial charge is 0.395 e. The van der Waals surface area contributed by atoms with Gasteiger partial charge in [0.15, 0.2) is 5.82 Å². The summed E-state index contributed by atoms with van der Waals surface area (Å²) in [4.78, 5) is 19.8. The van der Waals surface area contributed by atoms with Crippen molar-refractivity contribution in [3.8, 4) is 11.5 Å². The fraction of sp³-hybridized carbons (Fsp3) is 0.267. The van der Waals surface area contributed by atoms with Crippen molar-refractivity contribution in [2.24, 2.45) is 5.41 Å². The van der Waals surface area contributed by atoms with Gasteiger partial charge in [-0.25, -0.2) is 4.98 Å². The third-order valence-electron chi connectivity index (χ3n) is 3.52. The van der Waals surface area contributed by atoms with Crippen LogP contribution in [0.1, 0.15) is 13.8 Å². The molecular weight excluding hydrogens is 282 g/mol. The van der Waals surface area contributed by atoms with E-state index in [2.05, 4.69) is 25.5 Å². The predicted molar refractivity (Wildman–Crippen MR) is 83.2 cm³/mol. The molecule has 1 amide bonds. The van der Waals surface area contributed by atoms with Gasteiger partial charge in [0, 0.05) is 0 Å². The molecule has 0 bridgehead atoms. The van der Waals surface area contributed by atoms with E-state index >= 15 is 0 Å². The van der Waals surface area contributed by atoms with E-state index in [1.165, 1.54) is 6.20 Å². The lowest BCUT2D eigenvalue weighted by Gasteiger charge is -2.20. The van der Waals surface area contributed by atoms with E-state index in [0.717, 1.165) is 11.0 Å². The molecule has 0 saturated carbocycles. The summed E-state index contributed by atoms with van der Waals surface area (Å²) in [5, 5.41) is 18.8. The molecule has 7 nitrogen and oxygen atoms in total. The topological polar surface area (TPSA) is 107 Å². The van der Waals surface area contributed by atoms with Crippen molar-refractivity contribution in [1.82, 2.24) is 20.2 Å². The van der Waals surface area contributed by atoms with Crippen LogP contribution in [0.25, 0.3) is 22.6 Å². The Morgan fingerprint density at radius 3 is 2.86 bits per heavy atom. The fourth-order valence-electron chi connectivity index (χ4n) is 2.00. The minimum atomic E-state index is -0.873. The molecule has 7 heteroatoms. The Balaban J connectivity index is 1.93. The summed E-state index contributed by atoms with van der Waals surface area (Å²) >= 11 is 0. The van der Waals surface area contributed by atoms with Gasteiger partial charge in [0.2, 0.25) is 5.91 Å². The number of fused-ring (bicyclic) bond motifs is 1. The summed E-state index contributed by atoms with van der Waals surface area (Å²) in [7, 11) is 0. The number of amides is 1. The molecule has 1 aromatic carbocycles. The minimum Gasteiger partial charge on any atom is -0.395 e. The number of para-hydroxylation sites is 2. The molecule has 0 unspecified atom stereocenters. The first-order valence-electron chi connectivity index (χ1n) is 6.92. The van der Waals surface area contributed by atoms with Crippen LogP contribution in [-0.4, -0.2) is 37.8 Å². The van der Waals surface area contributed by atoms with Crippen LogP contribution >= 0.6 is 0 Å². The number of rotatable bonds is 4. The number of hydrogen-bond acceptors (Lipinski definition) is 4. The second-order valence-corrected chi connectivity index (χ2v) is 5.76. The van der Waals surface area contributed by atoms with Gasteiger partial charge in [-0.05, 0) is 26.0 Å². The highest BCUT2D eigenvalue weighted by Gasteiger charge is 2.28. The lowest BCUT2D eigenvalue weighted by molar-refractivity contribution is -0.125. The van der Waals surface area contributed by atoms with Crippen LogP contribution in [0.2, 0.25) is 0 Å². The molecular formula is C15H17N5O2. The van der Waals surface area contributed by atoms with Crippen LogP contribution in [0, 0.1) is 5.41 Å². The number of H-pyrrole nitrogens is 2. The van der Waals surface area contributed by atoms with E-state index < -0.39 is 5.41 Å². The van der Waals surface area contributed by atoms with Crippen molar-refractivity contribution in [2.75, 3.05) is 11.9 Å². The Hall–Kier alpha value is -2.67. The van der Waals surface area contributed by atoms with Crippen LogP contribution < -0.4 is 5.32 Å². The van der Waals surface area contributed by atoms with Crippen molar-refractivity contribution in [2.45, 2.75) is 13.8 Å². The van der Waals surface area contributed by atoms with Crippen LogP contribution in [0.15, 0.2) is 30.5 Å². The van der Waals surface area contributed by atoms with E-state index in [4.69, 9.17) is 0 Å². The first-order valence-corrected chi connectivity index (χ1v) is 6.92. The first-order chi connectivity index (χ1) is 10.5. The van der Waals surface area contributed by atoms with Gasteiger partial charge in [-0.15, -0.1) is 0 Å². The van der Waals surface area contributed by atoms with E-state index in [-0.39, 0.29) is 12.5 Å². The number of carbonyl (C=O) groups is 1. The summed E-state index contributed by atoms with van der Waals surface area (Å²) in [6, 6.07) is 7.66. The molecule has 0 atom stereocenters. The second-order valence-electron chi connectivity index (χ2n) is 5.76. The Morgan fingerprint density at radius 1 is 1.36 bits per heavy atom. The average Bonchev–Trinajstić information content (AvgIpc) is 3.12. The van der Waals surface area contributed by atoms with Crippen LogP contribution in [0.3, 0.4) is 0 Å². The monoisotopic (exact) mass is 299 g/mol. The van der Waals surface area contributed by atoms with E-state index in [0.29, 0.717) is 17.2 Å². The molecule has 0 fully saturated rings. The zero-order valence-electron chi connectivity index (χ0n) is 12.3. The highest BCUT2D eigenvalue weighted by Crippen LogP contribution is 2.26. The number of hydrogen-bond donors (Lipinski definition) is 4. The quantitative estimate of drug-likeness (QED) is 0.590. The minimum absolute atomic E-state index is 0.239. The molecule has 114 valence electrons. The predicted octanol–water partition coefficient (Wildman–Crippen LogP) is 1.91. The molecule has 3 rings (SSSR count). The third-order valence-corrected chi connectivity index (χ3v) is 3.52. The van der Waals surface area contributed by atoms with E-state index in [1.54, 1.807) is 13.8 Å². The van der Waals surface area contributed by atoms with Gasteiger partial charge in [-0.2, -0.15) is 5.10 Å². The Kier molecular flexibility index (Phi) is 3.42. The van der Waals surface area contributed by atoms with Crippen molar-refractivity contribution in [1.29, 1.82) is 0 Å². The molecule has 2 aromatic heterocycles. The number of anilines is 1. The smallest absolute Gasteiger partial charge is 0.232 e. The number of aromatic amines is 2. The summed E-state index contributed by atoms with van der Waals surface area (Å²) < 4.78 is 0. The number of imidazole rings is 1. The SMILES string of the molecule is CC(C)(CO)C(=O)Nc1cn[nH]c1-c1nc2ccccc2[nH]1. The molecule has 0 aliphatic heterocycles. The Bertz CT molecular complexity index is 785. The van der Waals surface area contributed by atoms with E-state index in [1.807, 2.05) is 24.3 Å². The third kappa shape index (κ3) is 2.46. The van der Waals surface area contributed by atoms with Gasteiger partial charge in [0.05, 0.1) is 34.9 Å². The standard InChI is InChI=1S/C15H17N5O2/c1-15(2,8-21)14(22)19-11-7-16-20-12(11)13-17-9-5-3-4-6-10(9)18-13/h3-7,21H,8H2,1-2H3,(H,16,20)(H,17,18)(H,19,22). The number of aromatic nitrogens is 4. The Morgan fingerprint density at radius 2 is 2.14 bits per heavy atom. The summed E-state index contributed by atoms with van der Waals surface area (Å²) in [5.74, 6) is 0.310. The molecule has 22 heavy (non-hydrogen) atoms. The molecule has 0 saturated heterocycles. The zero-order valence-corrected chi connectivity index (χ0v) is 12.3. The van der Waals surface area contributed by atoms with Gasteiger partial charge in [-0.1, -0.05) is 12.1 Å². The Labute approximate surface area is 126 Å². The molecule has 0 aliphatic rings. The maximum atomic E-state index is 12.2. The van der Waals surface area contributed by atoms with E-state index in [9.17, 15) is 9.90 Å². The summed E-state index contributed by atoms with van der Waals surface area (Å²) in [6.07, 6.45) is 1.52. The molecule has 4 N–H and O–H groups in total. The lowest BCUT2D eigenvalue weighted by Crippen LogP contribution is -2.33. The lowest BCUT2D eigenvalue weighted by atomic mass is 9.93. The van der Waals surface area contributed by atoms with Gasteiger partial charge in [0.25, 0.3) is 0 Å². The molecule has 0 aliphatic carbocycles. The second kappa shape index (κ2) is 5.27. The van der Waals surface area contributed by atoms with Crippen LogP contribution in [0.4, 0.5) is 5.69 Å². The van der Waals surface area contributed by atoms with Crippen molar-refractivity contribution < 1.29 is 9.90 Å². The average molecular weight is 299 g/mol. The number of aliphatic hydroxyl groups is 1. The molecule has 3 aromatic rings. The number of nitrogens with zero attached hydrogens (tertiary/aromatic N) is 2.